The van der Waals surface area contributed by atoms with Crippen LogP contribution in [0.5, 0.6) is 0 Å². The maximum absolute atomic E-state index is 6.24. The molecule has 1 heterocycles. The number of aromatic nitrogens is 2. The molecule has 1 aromatic heterocycles. The number of aryl methyl sites for hydroxylation is 1. The zero-order chi connectivity index (χ0) is 13.3. The number of rotatable bonds is 3. The van der Waals surface area contributed by atoms with Crippen LogP contribution >= 0.6 is 11.6 Å². The Balaban J connectivity index is 2.57. The second-order valence-electron chi connectivity index (χ2n) is 4.91. The van der Waals surface area contributed by atoms with E-state index in [1.54, 1.807) is 4.68 Å². The van der Waals surface area contributed by atoms with Crippen LogP contribution in [-0.4, -0.2) is 9.78 Å². The minimum absolute atomic E-state index is 0.526. The quantitative estimate of drug-likeness (QED) is 0.921. The lowest BCUT2D eigenvalue weighted by Crippen LogP contribution is -2.02. The van der Waals surface area contributed by atoms with Crippen LogP contribution in [0.15, 0.2) is 24.3 Å². The Morgan fingerprint density at radius 2 is 2.00 bits per heavy atom. The smallest absolute Gasteiger partial charge is 0.125 e. The molecular weight excluding hydrogens is 246 g/mol. The summed E-state index contributed by atoms with van der Waals surface area (Å²) in [5, 5.41) is 5.21. The topological polar surface area (TPSA) is 43.8 Å². The molecule has 18 heavy (non-hydrogen) atoms. The van der Waals surface area contributed by atoms with E-state index in [4.69, 9.17) is 17.3 Å². The van der Waals surface area contributed by atoms with Gasteiger partial charge in [-0.05, 0) is 18.4 Å². The van der Waals surface area contributed by atoms with Gasteiger partial charge in [-0.15, -0.1) is 0 Å². The maximum atomic E-state index is 6.24. The third-order valence-corrected chi connectivity index (χ3v) is 3.26. The highest BCUT2D eigenvalue weighted by atomic mass is 35.5. The number of benzene rings is 1. The van der Waals surface area contributed by atoms with Crippen LogP contribution in [0.3, 0.4) is 0 Å². The van der Waals surface area contributed by atoms with Gasteiger partial charge in [-0.3, -0.25) is 4.68 Å². The summed E-state index contributed by atoms with van der Waals surface area (Å²) in [6, 6.07) is 7.74. The van der Waals surface area contributed by atoms with E-state index in [1.807, 2.05) is 31.3 Å². The zero-order valence-electron chi connectivity index (χ0n) is 10.9. The number of halogens is 1. The Labute approximate surface area is 113 Å². The number of hydrogen-bond acceptors (Lipinski definition) is 2. The second-order valence-corrected chi connectivity index (χ2v) is 5.32. The zero-order valence-corrected chi connectivity index (χ0v) is 11.7. The fourth-order valence-corrected chi connectivity index (χ4v) is 2.29. The van der Waals surface area contributed by atoms with E-state index in [0.717, 1.165) is 29.1 Å². The average molecular weight is 264 g/mol. The Morgan fingerprint density at radius 3 is 2.61 bits per heavy atom. The molecule has 2 aromatic rings. The Morgan fingerprint density at radius 1 is 1.33 bits per heavy atom. The highest BCUT2D eigenvalue weighted by Crippen LogP contribution is 2.33. The van der Waals surface area contributed by atoms with Crippen molar-refractivity contribution in [3.8, 4) is 11.3 Å². The lowest BCUT2D eigenvalue weighted by atomic mass is 9.99. The molecule has 0 spiro atoms. The molecule has 2 N–H and O–H groups in total. The van der Waals surface area contributed by atoms with Crippen molar-refractivity contribution in [3.63, 3.8) is 0 Å². The molecule has 2 rings (SSSR count). The van der Waals surface area contributed by atoms with Gasteiger partial charge in [0.15, 0.2) is 0 Å². The van der Waals surface area contributed by atoms with Gasteiger partial charge < -0.3 is 5.73 Å². The van der Waals surface area contributed by atoms with Gasteiger partial charge in [0.1, 0.15) is 5.82 Å². The van der Waals surface area contributed by atoms with Crippen molar-refractivity contribution in [3.05, 3.63) is 34.9 Å². The van der Waals surface area contributed by atoms with E-state index >= 15 is 0 Å². The van der Waals surface area contributed by atoms with Gasteiger partial charge in [0.05, 0.1) is 10.7 Å². The predicted octanol–water partition coefficient (Wildman–Crippen LogP) is 3.52. The van der Waals surface area contributed by atoms with Gasteiger partial charge in [-0.25, -0.2) is 0 Å². The average Bonchev–Trinajstić information content (AvgIpc) is 2.57. The molecule has 0 saturated heterocycles. The van der Waals surface area contributed by atoms with Crippen molar-refractivity contribution in [2.45, 2.75) is 20.3 Å². The minimum Gasteiger partial charge on any atom is -0.384 e. The summed E-state index contributed by atoms with van der Waals surface area (Å²) in [5.41, 5.74) is 9.02. The van der Waals surface area contributed by atoms with E-state index in [2.05, 4.69) is 18.9 Å². The molecule has 0 aliphatic heterocycles. The molecular formula is C14H18ClN3. The first kappa shape index (κ1) is 13.0. The van der Waals surface area contributed by atoms with Gasteiger partial charge >= 0.3 is 0 Å². The lowest BCUT2D eigenvalue weighted by molar-refractivity contribution is 0.648. The van der Waals surface area contributed by atoms with Crippen molar-refractivity contribution >= 4 is 17.4 Å². The van der Waals surface area contributed by atoms with Gasteiger partial charge in [-0.1, -0.05) is 43.6 Å². The summed E-state index contributed by atoms with van der Waals surface area (Å²) in [7, 11) is 1.86. The monoisotopic (exact) mass is 263 g/mol. The largest absolute Gasteiger partial charge is 0.384 e. The second kappa shape index (κ2) is 5.02. The van der Waals surface area contributed by atoms with Gasteiger partial charge in [0.2, 0.25) is 0 Å². The number of hydrogen-bond donors (Lipinski definition) is 1. The normalized spacial score (nSPS) is 11.2. The van der Waals surface area contributed by atoms with Gasteiger partial charge in [-0.2, -0.15) is 5.10 Å². The Kier molecular flexibility index (Phi) is 3.62. The third kappa shape index (κ3) is 2.36. The van der Waals surface area contributed by atoms with Crippen molar-refractivity contribution < 1.29 is 0 Å². The standard InChI is InChI=1S/C14H18ClN3/c1-9(2)8-11-13(17-18(3)14(11)16)10-6-4-5-7-12(10)15/h4-7,9H,8,16H2,1-3H3. The first-order chi connectivity index (χ1) is 8.50. The van der Waals surface area contributed by atoms with Crippen molar-refractivity contribution in [2.75, 3.05) is 5.73 Å². The SMILES string of the molecule is CC(C)Cc1c(-c2ccccc2Cl)nn(C)c1N. The highest BCUT2D eigenvalue weighted by Gasteiger charge is 2.18. The minimum atomic E-state index is 0.526. The first-order valence-electron chi connectivity index (χ1n) is 6.07. The Hall–Kier alpha value is -1.48. The summed E-state index contributed by atoms with van der Waals surface area (Å²) in [6.45, 7) is 4.34. The van der Waals surface area contributed by atoms with Crippen LogP contribution < -0.4 is 5.73 Å². The molecule has 4 heteroatoms. The first-order valence-corrected chi connectivity index (χ1v) is 6.44. The third-order valence-electron chi connectivity index (χ3n) is 2.94. The van der Waals surface area contributed by atoms with E-state index in [-0.39, 0.29) is 0 Å². The number of nitrogens with two attached hydrogens (primary N) is 1. The molecule has 0 amide bonds. The molecule has 0 radical (unpaired) electrons. The van der Waals surface area contributed by atoms with E-state index in [1.165, 1.54) is 0 Å². The molecule has 0 aliphatic rings. The molecule has 0 bridgehead atoms. The summed E-state index contributed by atoms with van der Waals surface area (Å²) in [6.07, 6.45) is 0.903. The van der Waals surface area contributed by atoms with Crippen molar-refractivity contribution in [1.82, 2.24) is 9.78 Å². The summed E-state index contributed by atoms with van der Waals surface area (Å²) < 4.78 is 1.72. The molecule has 0 aliphatic carbocycles. The van der Waals surface area contributed by atoms with Crippen LogP contribution in [0.4, 0.5) is 5.82 Å². The molecule has 0 saturated carbocycles. The van der Waals surface area contributed by atoms with E-state index in [9.17, 15) is 0 Å². The Bertz CT molecular complexity index is 558. The van der Waals surface area contributed by atoms with Gasteiger partial charge in [0.25, 0.3) is 0 Å². The fraction of sp³-hybridized carbons (Fsp3) is 0.357. The summed E-state index contributed by atoms with van der Waals surface area (Å²) in [5.74, 6) is 1.25. The van der Waals surface area contributed by atoms with Gasteiger partial charge in [0, 0.05) is 18.2 Å². The lowest BCUT2D eigenvalue weighted by Gasteiger charge is -2.07. The maximum Gasteiger partial charge on any atom is 0.125 e. The summed E-state index contributed by atoms with van der Waals surface area (Å²) >= 11 is 6.24. The highest BCUT2D eigenvalue weighted by molar-refractivity contribution is 6.33. The van der Waals surface area contributed by atoms with Crippen LogP contribution in [0.1, 0.15) is 19.4 Å². The summed E-state index contributed by atoms with van der Waals surface area (Å²) in [4.78, 5) is 0. The predicted molar refractivity (Wildman–Crippen MR) is 76.6 cm³/mol. The van der Waals surface area contributed by atoms with E-state index in [0.29, 0.717) is 10.9 Å². The van der Waals surface area contributed by atoms with Crippen LogP contribution in [0.25, 0.3) is 11.3 Å². The van der Waals surface area contributed by atoms with E-state index < -0.39 is 0 Å². The fourth-order valence-electron chi connectivity index (χ4n) is 2.06. The number of anilines is 1. The molecule has 0 fully saturated rings. The van der Waals surface area contributed by atoms with Crippen LogP contribution in [0.2, 0.25) is 5.02 Å². The number of nitrogens with zero attached hydrogens (tertiary/aromatic N) is 2. The van der Waals surface area contributed by atoms with Crippen molar-refractivity contribution in [2.24, 2.45) is 13.0 Å². The molecule has 3 nitrogen and oxygen atoms in total. The molecule has 0 atom stereocenters. The molecule has 1 aromatic carbocycles. The van der Waals surface area contributed by atoms with Crippen LogP contribution in [-0.2, 0) is 13.5 Å². The molecule has 0 unspecified atom stereocenters. The van der Waals surface area contributed by atoms with Crippen LogP contribution in [0, 0.1) is 5.92 Å². The van der Waals surface area contributed by atoms with Crippen molar-refractivity contribution in [1.29, 1.82) is 0 Å². The number of nitrogen functional groups attached to an aromatic ring is 1. The molecule has 96 valence electrons.